The Hall–Kier alpha value is -1.47. The number of anilines is 3. The molecule has 0 aliphatic carbocycles. The van der Waals surface area contributed by atoms with Crippen molar-refractivity contribution in [3.63, 3.8) is 0 Å². The number of rotatable bonds is 3. The predicted molar refractivity (Wildman–Crippen MR) is 81.2 cm³/mol. The van der Waals surface area contributed by atoms with Gasteiger partial charge in [-0.2, -0.15) is 13.2 Å². The summed E-state index contributed by atoms with van der Waals surface area (Å²) >= 11 is 9.11. The second kappa shape index (κ2) is 6.11. The van der Waals surface area contributed by atoms with Crippen molar-refractivity contribution in [3.05, 3.63) is 45.4 Å². The molecule has 8 heteroatoms. The Morgan fingerprint density at radius 1 is 1.14 bits per heavy atom. The second-order valence-corrected chi connectivity index (χ2v) is 5.41. The fraction of sp³-hybridized carbons (Fsp3) is 0.154. The van der Waals surface area contributed by atoms with Crippen LogP contribution in [0.1, 0.15) is 5.56 Å². The minimum absolute atomic E-state index is 0.0807. The van der Waals surface area contributed by atoms with E-state index in [1.807, 2.05) is 0 Å². The summed E-state index contributed by atoms with van der Waals surface area (Å²) in [5.41, 5.74) is -0.220. The highest BCUT2D eigenvalue weighted by molar-refractivity contribution is 9.10. The first-order valence-electron chi connectivity index (χ1n) is 5.78. The van der Waals surface area contributed by atoms with Crippen LogP contribution >= 0.6 is 27.5 Å². The SMILES string of the molecule is CNc1cc(C(F)(F)F)cc(Nc2ccc(Cl)cc2Br)n1. The van der Waals surface area contributed by atoms with Crippen molar-refractivity contribution in [2.75, 3.05) is 17.7 Å². The minimum Gasteiger partial charge on any atom is -0.373 e. The number of nitrogens with one attached hydrogen (secondary N) is 2. The van der Waals surface area contributed by atoms with Gasteiger partial charge in [-0.3, -0.25) is 0 Å². The Morgan fingerprint density at radius 3 is 2.38 bits per heavy atom. The molecule has 112 valence electrons. The molecule has 0 saturated heterocycles. The number of halogens is 5. The Labute approximate surface area is 132 Å². The molecule has 2 rings (SSSR count). The number of aromatic nitrogens is 1. The Morgan fingerprint density at radius 2 is 1.81 bits per heavy atom. The number of benzene rings is 1. The zero-order valence-corrected chi connectivity index (χ0v) is 13.1. The third-order valence-corrected chi connectivity index (χ3v) is 3.49. The molecule has 0 spiro atoms. The highest BCUT2D eigenvalue weighted by Gasteiger charge is 2.31. The van der Waals surface area contributed by atoms with Gasteiger partial charge < -0.3 is 10.6 Å². The van der Waals surface area contributed by atoms with Crippen LogP contribution in [0.5, 0.6) is 0 Å². The summed E-state index contributed by atoms with van der Waals surface area (Å²) in [5.74, 6) is 0.203. The molecule has 1 aromatic heterocycles. The van der Waals surface area contributed by atoms with E-state index in [0.29, 0.717) is 15.2 Å². The lowest BCUT2D eigenvalue weighted by Gasteiger charge is -2.13. The van der Waals surface area contributed by atoms with Crippen molar-refractivity contribution in [2.45, 2.75) is 6.18 Å². The van der Waals surface area contributed by atoms with E-state index in [0.717, 1.165) is 12.1 Å². The van der Waals surface area contributed by atoms with E-state index < -0.39 is 11.7 Å². The van der Waals surface area contributed by atoms with Gasteiger partial charge in [-0.1, -0.05) is 11.6 Å². The fourth-order valence-electron chi connectivity index (χ4n) is 1.62. The maximum Gasteiger partial charge on any atom is 0.416 e. The largest absolute Gasteiger partial charge is 0.416 e. The number of hydrogen-bond acceptors (Lipinski definition) is 3. The Bertz CT molecular complexity index is 662. The highest BCUT2D eigenvalue weighted by atomic mass is 79.9. The zero-order chi connectivity index (χ0) is 15.6. The maximum absolute atomic E-state index is 12.8. The molecule has 0 amide bonds. The summed E-state index contributed by atoms with van der Waals surface area (Å²) in [6.07, 6.45) is -4.44. The summed E-state index contributed by atoms with van der Waals surface area (Å²) in [4.78, 5) is 4.05. The first-order chi connectivity index (χ1) is 9.79. The quantitative estimate of drug-likeness (QED) is 0.758. The van der Waals surface area contributed by atoms with Crippen molar-refractivity contribution >= 4 is 44.9 Å². The monoisotopic (exact) mass is 379 g/mol. The molecule has 0 aliphatic heterocycles. The lowest BCUT2D eigenvalue weighted by Crippen LogP contribution is -2.08. The predicted octanol–water partition coefficient (Wildman–Crippen LogP) is 5.30. The molecule has 0 fully saturated rings. The molecule has 0 atom stereocenters. The first-order valence-corrected chi connectivity index (χ1v) is 6.96. The van der Waals surface area contributed by atoms with Crippen molar-refractivity contribution in [2.24, 2.45) is 0 Å². The van der Waals surface area contributed by atoms with Crippen LogP contribution in [0.4, 0.5) is 30.5 Å². The highest BCUT2D eigenvalue weighted by Crippen LogP contribution is 2.34. The van der Waals surface area contributed by atoms with Gasteiger partial charge in [0.25, 0.3) is 0 Å². The molecule has 1 aromatic carbocycles. The number of pyridine rings is 1. The number of nitrogens with zero attached hydrogens (tertiary/aromatic N) is 1. The molecule has 0 aliphatic rings. The number of hydrogen-bond donors (Lipinski definition) is 2. The van der Waals surface area contributed by atoms with Gasteiger partial charge >= 0.3 is 6.18 Å². The van der Waals surface area contributed by atoms with E-state index in [1.165, 1.54) is 7.05 Å². The average Bonchev–Trinajstić information content (AvgIpc) is 2.40. The molecule has 21 heavy (non-hydrogen) atoms. The molecule has 2 N–H and O–H groups in total. The van der Waals surface area contributed by atoms with Gasteiger partial charge in [-0.15, -0.1) is 0 Å². The maximum atomic E-state index is 12.8. The zero-order valence-electron chi connectivity index (χ0n) is 10.7. The standard InChI is InChI=1S/C13H10BrClF3N3/c1-19-11-4-7(13(16,17)18)5-12(21-11)20-10-3-2-8(15)6-9(10)14/h2-6H,1H3,(H2,19,20,21). The summed E-state index contributed by atoms with van der Waals surface area (Å²) < 4.78 is 39.2. The van der Waals surface area contributed by atoms with Crippen LogP contribution in [0, 0.1) is 0 Å². The summed E-state index contributed by atoms with van der Waals surface area (Å²) in [5, 5.41) is 5.95. The topological polar surface area (TPSA) is 37.0 Å². The van der Waals surface area contributed by atoms with E-state index >= 15 is 0 Å². The van der Waals surface area contributed by atoms with Crippen LogP contribution in [0.25, 0.3) is 0 Å². The van der Waals surface area contributed by atoms with E-state index in [-0.39, 0.29) is 11.6 Å². The van der Waals surface area contributed by atoms with E-state index in [1.54, 1.807) is 18.2 Å². The van der Waals surface area contributed by atoms with Crippen molar-refractivity contribution in [1.82, 2.24) is 4.98 Å². The fourth-order valence-corrected chi connectivity index (χ4v) is 2.40. The van der Waals surface area contributed by atoms with E-state index in [9.17, 15) is 13.2 Å². The molecular weight excluding hydrogens is 371 g/mol. The molecular formula is C13H10BrClF3N3. The van der Waals surface area contributed by atoms with Crippen LogP contribution in [0.2, 0.25) is 5.02 Å². The van der Waals surface area contributed by atoms with Crippen LogP contribution < -0.4 is 10.6 Å². The van der Waals surface area contributed by atoms with Gasteiger partial charge in [0.05, 0.1) is 11.3 Å². The van der Waals surface area contributed by atoms with E-state index in [2.05, 4.69) is 31.5 Å². The van der Waals surface area contributed by atoms with Gasteiger partial charge in [0.15, 0.2) is 0 Å². The summed E-state index contributed by atoms with van der Waals surface area (Å²) in [7, 11) is 1.50. The summed E-state index contributed by atoms with van der Waals surface area (Å²) in [6.45, 7) is 0. The molecule has 0 saturated carbocycles. The van der Waals surface area contributed by atoms with Gasteiger partial charge in [-0.25, -0.2) is 4.98 Å². The van der Waals surface area contributed by atoms with Gasteiger partial charge in [0, 0.05) is 16.5 Å². The molecule has 1 heterocycles. The second-order valence-electron chi connectivity index (χ2n) is 4.12. The normalized spacial score (nSPS) is 11.3. The first kappa shape index (κ1) is 15.9. The lowest BCUT2D eigenvalue weighted by atomic mass is 10.2. The van der Waals surface area contributed by atoms with Crippen LogP contribution in [0.15, 0.2) is 34.8 Å². The molecule has 2 aromatic rings. The third kappa shape index (κ3) is 4.01. The van der Waals surface area contributed by atoms with Gasteiger partial charge in [0.2, 0.25) is 0 Å². The van der Waals surface area contributed by atoms with Crippen molar-refractivity contribution < 1.29 is 13.2 Å². The molecule has 0 radical (unpaired) electrons. The third-order valence-electron chi connectivity index (χ3n) is 2.60. The lowest BCUT2D eigenvalue weighted by molar-refractivity contribution is -0.137. The van der Waals surface area contributed by atoms with Gasteiger partial charge in [0.1, 0.15) is 11.6 Å². The molecule has 0 bridgehead atoms. The number of alkyl halides is 3. The summed E-state index contributed by atoms with van der Waals surface area (Å²) in [6, 6.07) is 6.80. The Kier molecular flexibility index (Phi) is 4.63. The molecule has 3 nitrogen and oxygen atoms in total. The molecule has 0 unspecified atom stereocenters. The van der Waals surface area contributed by atoms with Crippen molar-refractivity contribution in [1.29, 1.82) is 0 Å². The Balaban J connectivity index is 2.39. The minimum atomic E-state index is -4.44. The average molecular weight is 381 g/mol. The van der Waals surface area contributed by atoms with Crippen LogP contribution in [0.3, 0.4) is 0 Å². The van der Waals surface area contributed by atoms with Crippen LogP contribution in [-0.4, -0.2) is 12.0 Å². The van der Waals surface area contributed by atoms with Crippen molar-refractivity contribution in [3.8, 4) is 0 Å². The van der Waals surface area contributed by atoms with Crippen LogP contribution in [-0.2, 0) is 6.18 Å². The smallest absolute Gasteiger partial charge is 0.373 e. The van der Waals surface area contributed by atoms with E-state index in [4.69, 9.17) is 11.6 Å². The van der Waals surface area contributed by atoms with Gasteiger partial charge in [-0.05, 0) is 46.3 Å².